The first kappa shape index (κ1) is 24.0. The number of hydrogen-bond acceptors (Lipinski definition) is 6. The lowest BCUT2D eigenvalue weighted by Gasteiger charge is -2.35. The van der Waals surface area contributed by atoms with E-state index in [1.807, 2.05) is 12.1 Å². The van der Waals surface area contributed by atoms with Crippen molar-refractivity contribution in [3.05, 3.63) is 23.8 Å². The van der Waals surface area contributed by atoms with Gasteiger partial charge in [-0.1, -0.05) is 38.5 Å². The van der Waals surface area contributed by atoms with Crippen LogP contribution in [-0.2, 0) is 9.53 Å². The molecule has 2 N–H and O–H groups in total. The maximum Gasteiger partial charge on any atom is 0.252 e. The molecule has 8 heteroatoms. The van der Waals surface area contributed by atoms with Crippen LogP contribution in [0.4, 0.5) is 5.69 Å². The Bertz CT molecular complexity index is 732. The third-order valence-corrected chi connectivity index (χ3v) is 7.05. The molecule has 2 heterocycles. The van der Waals surface area contributed by atoms with Gasteiger partial charge in [0.1, 0.15) is 5.37 Å². The van der Waals surface area contributed by atoms with Gasteiger partial charge >= 0.3 is 0 Å². The Balaban J connectivity index is 1.53. The van der Waals surface area contributed by atoms with Crippen LogP contribution in [0.15, 0.2) is 23.1 Å². The summed E-state index contributed by atoms with van der Waals surface area (Å²) in [6.07, 6.45) is 4.73. The van der Waals surface area contributed by atoms with Gasteiger partial charge < -0.3 is 20.3 Å². The Morgan fingerprint density at radius 2 is 1.90 bits per heavy atom. The van der Waals surface area contributed by atoms with Crippen molar-refractivity contribution in [3.63, 3.8) is 0 Å². The molecule has 0 spiro atoms. The zero-order valence-corrected chi connectivity index (χ0v) is 19.6. The summed E-state index contributed by atoms with van der Waals surface area (Å²) in [5.41, 5.74) is 1.30. The van der Waals surface area contributed by atoms with E-state index in [-0.39, 0.29) is 17.2 Å². The Labute approximate surface area is 190 Å². The van der Waals surface area contributed by atoms with Gasteiger partial charge in [-0.25, -0.2) is 0 Å². The monoisotopic (exact) mass is 448 g/mol. The Hall–Kier alpha value is -1.61. The van der Waals surface area contributed by atoms with Crippen LogP contribution >= 0.6 is 11.8 Å². The summed E-state index contributed by atoms with van der Waals surface area (Å²) in [7, 11) is 0. The SMILES string of the molecule is CCCCN(CCCC)CCNC(=O)c1ccc2c(c1)NC(=O)[C@H](N1CCOCC1)S2. The number of ether oxygens (including phenoxy) is 1. The number of amides is 2. The number of fused-ring (bicyclic) bond motifs is 1. The summed E-state index contributed by atoms with van der Waals surface area (Å²) >= 11 is 1.55. The molecule has 2 aliphatic heterocycles. The van der Waals surface area contributed by atoms with E-state index >= 15 is 0 Å². The Morgan fingerprint density at radius 3 is 2.58 bits per heavy atom. The van der Waals surface area contributed by atoms with Crippen LogP contribution in [0.3, 0.4) is 0 Å². The van der Waals surface area contributed by atoms with Gasteiger partial charge in [0.15, 0.2) is 0 Å². The second-order valence-corrected chi connectivity index (χ2v) is 9.25. The highest BCUT2D eigenvalue weighted by atomic mass is 32.2. The third-order valence-electron chi connectivity index (χ3n) is 5.71. The van der Waals surface area contributed by atoms with Gasteiger partial charge in [-0.3, -0.25) is 14.5 Å². The second kappa shape index (κ2) is 12.4. The summed E-state index contributed by atoms with van der Waals surface area (Å²) < 4.78 is 5.39. The van der Waals surface area contributed by atoms with E-state index in [0.29, 0.717) is 25.3 Å². The minimum absolute atomic E-state index is 0.0283. The van der Waals surface area contributed by atoms with Gasteiger partial charge in [0.2, 0.25) is 0 Å². The van der Waals surface area contributed by atoms with Crippen LogP contribution in [0.5, 0.6) is 0 Å². The number of hydrogen-bond donors (Lipinski definition) is 2. The van der Waals surface area contributed by atoms with Crippen molar-refractivity contribution in [1.82, 2.24) is 15.1 Å². The highest BCUT2D eigenvalue weighted by Gasteiger charge is 2.33. The fourth-order valence-corrected chi connectivity index (χ4v) is 4.97. The van der Waals surface area contributed by atoms with Gasteiger partial charge in [0.25, 0.3) is 11.8 Å². The highest BCUT2D eigenvalue weighted by Crippen LogP contribution is 2.37. The molecule has 1 aromatic rings. The Kier molecular flexibility index (Phi) is 9.64. The van der Waals surface area contributed by atoms with Crippen molar-refractivity contribution < 1.29 is 14.3 Å². The second-order valence-electron chi connectivity index (χ2n) is 8.12. The fraction of sp³-hybridized carbons (Fsp3) is 0.652. The highest BCUT2D eigenvalue weighted by molar-refractivity contribution is 8.00. The largest absolute Gasteiger partial charge is 0.379 e. The smallest absolute Gasteiger partial charge is 0.252 e. The molecule has 0 bridgehead atoms. The van der Waals surface area contributed by atoms with Gasteiger partial charge in [-0.15, -0.1) is 0 Å². The summed E-state index contributed by atoms with van der Waals surface area (Å²) in [6, 6.07) is 5.58. The van der Waals surface area contributed by atoms with Crippen molar-refractivity contribution in [2.24, 2.45) is 0 Å². The molecule has 0 radical (unpaired) electrons. The van der Waals surface area contributed by atoms with Gasteiger partial charge in [0.05, 0.1) is 18.9 Å². The number of thioether (sulfide) groups is 1. The Morgan fingerprint density at radius 1 is 1.19 bits per heavy atom. The summed E-state index contributed by atoms with van der Waals surface area (Å²) in [6.45, 7) is 10.9. The van der Waals surface area contributed by atoms with Crippen LogP contribution in [0, 0.1) is 0 Å². The number of unbranched alkanes of at least 4 members (excludes halogenated alkanes) is 2. The van der Waals surface area contributed by atoms with E-state index in [2.05, 4.69) is 34.3 Å². The van der Waals surface area contributed by atoms with E-state index in [1.54, 1.807) is 17.8 Å². The number of anilines is 1. The molecule has 31 heavy (non-hydrogen) atoms. The molecule has 0 aliphatic carbocycles. The standard InChI is InChI=1S/C23H36N4O3S/c1-3-5-10-26(11-6-4-2)12-9-24-21(28)18-7-8-20-19(17-18)25-22(29)23(31-20)27-13-15-30-16-14-27/h7-8,17,23H,3-6,9-16H2,1-2H3,(H,24,28)(H,25,29)/t23-/m1/s1. The van der Waals surface area contributed by atoms with E-state index in [1.165, 1.54) is 25.7 Å². The number of rotatable bonds is 11. The topological polar surface area (TPSA) is 73.9 Å². The van der Waals surface area contributed by atoms with Crippen molar-refractivity contribution in [1.29, 1.82) is 0 Å². The normalized spacial score (nSPS) is 19.2. The quantitative estimate of drug-likeness (QED) is 0.542. The molecule has 7 nitrogen and oxygen atoms in total. The van der Waals surface area contributed by atoms with E-state index < -0.39 is 0 Å². The molecule has 1 fully saturated rings. The van der Waals surface area contributed by atoms with Crippen LogP contribution in [0.1, 0.15) is 49.9 Å². The number of carbonyl (C=O) groups is 2. The van der Waals surface area contributed by atoms with Crippen LogP contribution in [-0.4, -0.2) is 79.5 Å². The van der Waals surface area contributed by atoms with Gasteiger partial charge in [0, 0.05) is 36.6 Å². The van der Waals surface area contributed by atoms with Gasteiger partial charge in [-0.2, -0.15) is 0 Å². The first-order valence-electron chi connectivity index (χ1n) is 11.6. The number of benzene rings is 1. The van der Waals surface area contributed by atoms with Gasteiger partial charge in [-0.05, 0) is 44.1 Å². The van der Waals surface area contributed by atoms with Crippen LogP contribution in [0.25, 0.3) is 0 Å². The van der Waals surface area contributed by atoms with E-state index in [9.17, 15) is 9.59 Å². The van der Waals surface area contributed by atoms with Crippen molar-refractivity contribution >= 4 is 29.3 Å². The van der Waals surface area contributed by atoms with Crippen LogP contribution < -0.4 is 10.6 Å². The van der Waals surface area contributed by atoms with Crippen molar-refractivity contribution in [3.8, 4) is 0 Å². The fourth-order valence-electron chi connectivity index (χ4n) is 3.82. The molecule has 1 saturated heterocycles. The molecule has 2 aliphatic rings. The molecule has 0 saturated carbocycles. The lowest BCUT2D eigenvalue weighted by molar-refractivity contribution is -0.119. The molecule has 0 unspecified atom stereocenters. The number of nitrogens with zero attached hydrogens (tertiary/aromatic N) is 2. The maximum absolute atomic E-state index is 12.7. The molecular weight excluding hydrogens is 412 g/mol. The van der Waals surface area contributed by atoms with E-state index in [4.69, 9.17) is 4.74 Å². The zero-order chi connectivity index (χ0) is 22.1. The predicted molar refractivity (Wildman–Crippen MR) is 126 cm³/mol. The molecule has 3 rings (SSSR count). The molecule has 2 amide bonds. The lowest BCUT2D eigenvalue weighted by atomic mass is 10.1. The van der Waals surface area contributed by atoms with Crippen molar-refractivity contribution in [2.75, 3.05) is 57.8 Å². The molecular formula is C23H36N4O3S. The lowest BCUT2D eigenvalue weighted by Crippen LogP contribution is -2.48. The summed E-state index contributed by atoms with van der Waals surface area (Å²) in [5, 5.41) is 5.79. The predicted octanol–water partition coefficient (Wildman–Crippen LogP) is 3.02. The maximum atomic E-state index is 12.7. The molecule has 1 aromatic carbocycles. The number of nitrogens with one attached hydrogen (secondary N) is 2. The first-order valence-corrected chi connectivity index (χ1v) is 12.4. The number of carbonyl (C=O) groups excluding carboxylic acids is 2. The third kappa shape index (κ3) is 6.94. The van der Waals surface area contributed by atoms with E-state index in [0.717, 1.165) is 43.3 Å². The summed E-state index contributed by atoms with van der Waals surface area (Å²) in [5.74, 6) is -0.122. The molecule has 1 atom stereocenters. The first-order chi connectivity index (χ1) is 15.1. The average molecular weight is 449 g/mol. The number of morpholine rings is 1. The average Bonchev–Trinajstić information content (AvgIpc) is 2.80. The van der Waals surface area contributed by atoms with Crippen molar-refractivity contribution in [2.45, 2.75) is 49.8 Å². The summed E-state index contributed by atoms with van der Waals surface area (Å²) in [4.78, 5) is 30.9. The minimum Gasteiger partial charge on any atom is -0.379 e. The molecule has 172 valence electrons. The molecule has 0 aromatic heterocycles. The zero-order valence-electron chi connectivity index (χ0n) is 18.8. The minimum atomic E-state index is -0.242. The van der Waals surface area contributed by atoms with Crippen LogP contribution in [0.2, 0.25) is 0 Å².